The third kappa shape index (κ3) is 6.04. The molecule has 2 aliphatic carbocycles. The van der Waals surface area contributed by atoms with Gasteiger partial charge >= 0.3 is 19.5 Å². The fraction of sp³-hybridized carbons (Fsp3) is 0.556. The summed E-state index contributed by atoms with van der Waals surface area (Å²) in [4.78, 5) is 0. The summed E-state index contributed by atoms with van der Waals surface area (Å²) in [6.45, 7) is 10.9. The van der Waals surface area contributed by atoms with Gasteiger partial charge in [-0.25, -0.2) is 17.7 Å². The minimum atomic E-state index is 0. The van der Waals surface area contributed by atoms with Crippen molar-refractivity contribution in [2.24, 2.45) is 5.41 Å². The van der Waals surface area contributed by atoms with E-state index < -0.39 is 0 Å². The third-order valence-electron chi connectivity index (χ3n) is 3.85. The predicted octanol–water partition coefficient (Wildman–Crippen LogP) is 5.59. The predicted molar refractivity (Wildman–Crippen MR) is 80.0 cm³/mol. The van der Waals surface area contributed by atoms with Crippen LogP contribution in [0.3, 0.4) is 0 Å². The Labute approximate surface area is 132 Å². The maximum atomic E-state index is 3.44. The van der Waals surface area contributed by atoms with E-state index in [2.05, 4.69) is 58.9 Å². The molecule has 0 atom stereocenters. The minimum Gasteiger partial charge on any atom is -0.275 e. The molecule has 0 heterocycles. The molecule has 0 aromatic heterocycles. The molecule has 0 nitrogen and oxygen atoms in total. The van der Waals surface area contributed by atoms with E-state index in [-0.39, 0.29) is 24.9 Å². The van der Waals surface area contributed by atoms with Crippen LogP contribution in [0.15, 0.2) is 34.9 Å². The van der Waals surface area contributed by atoms with Gasteiger partial charge in [0.2, 0.25) is 0 Å². The number of hydrogen-bond acceptors (Lipinski definition) is 0. The second-order valence-corrected chi connectivity index (χ2v) is 5.67. The normalized spacial score (nSPS) is 20.8. The van der Waals surface area contributed by atoms with E-state index in [1.54, 1.807) is 0 Å². The Hall–Kier alpha value is -0.417. The van der Waals surface area contributed by atoms with E-state index in [4.69, 9.17) is 0 Å². The van der Waals surface area contributed by atoms with Gasteiger partial charge in [-0.1, -0.05) is 52.4 Å². The summed E-state index contributed by atoms with van der Waals surface area (Å²) >= 11 is 0. The van der Waals surface area contributed by atoms with Crippen molar-refractivity contribution in [3.8, 4) is 0 Å². The molecule has 0 saturated heterocycles. The quantitative estimate of drug-likeness (QED) is 0.397. The van der Waals surface area contributed by atoms with Gasteiger partial charge in [0.1, 0.15) is 0 Å². The first-order chi connectivity index (χ1) is 8.45. The number of hydrogen-bond donors (Lipinski definition) is 0. The van der Waals surface area contributed by atoms with E-state index in [1.165, 1.54) is 36.0 Å². The topological polar surface area (TPSA) is 0 Å². The third-order valence-corrected chi connectivity index (χ3v) is 3.85. The largest absolute Gasteiger partial charge is 2.00 e. The van der Waals surface area contributed by atoms with Gasteiger partial charge in [-0.2, -0.15) is 17.2 Å². The molecular formula is C18H26Ru. The van der Waals surface area contributed by atoms with Gasteiger partial charge < -0.3 is 0 Å². The van der Waals surface area contributed by atoms with Gasteiger partial charge in [0, 0.05) is 0 Å². The molecule has 0 N–H and O–H groups in total. The van der Waals surface area contributed by atoms with Gasteiger partial charge in [-0.3, -0.25) is 12.2 Å². The molecule has 19 heavy (non-hydrogen) atoms. The fourth-order valence-electron chi connectivity index (χ4n) is 2.21. The van der Waals surface area contributed by atoms with Crippen LogP contribution in [0.1, 0.15) is 60.3 Å². The molecule has 0 aliphatic heterocycles. The molecule has 0 unspecified atom stereocenters. The van der Waals surface area contributed by atoms with Crippen LogP contribution in [0, 0.1) is 17.6 Å². The van der Waals surface area contributed by atoms with E-state index >= 15 is 0 Å². The Morgan fingerprint density at radius 1 is 1.11 bits per heavy atom. The Balaban J connectivity index is 0.000000331. The van der Waals surface area contributed by atoms with Crippen LogP contribution in [0.25, 0.3) is 0 Å². The molecule has 2 aliphatic rings. The van der Waals surface area contributed by atoms with E-state index in [1.807, 2.05) is 6.08 Å². The minimum absolute atomic E-state index is 0. The van der Waals surface area contributed by atoms with Crippen molar-refractivity contribution >= 4 is 0 Å². The van der Waals surface area contributed by atoms with Crippen LogP contribution in [0.5, 0.6) is 0 Å². The van der Waals surface area contributed by atoms with Gasteiger partial charge in [-0.15, -0.1) is 13.3 Å². The zero-order chi connectivity index (χ0) is 13.6. The van der Waals surface area contributed by atoms with Crippen molar-refractivity contribution in [1.82, 2.24) is 0 Å². The van der Waals surface area contributed by atoms with Gasteiger partial charge in [0.15, 0.2) is 0 Å². The average Bonchev–Trinajstić information content (AvgIpc) is 2.41. The Bertz CT molecular complexity index is 378. The first-order valence-electron chi connectivity index (χ1n) is 6.97. The Morgan fingerprint density at radius 3 is 2.26 bits per heavy atom. The molecule has 0 saturated carbocycles. The molecule has 0 fully saturated rings. The summed E-state index contributed by atoms with van der Waals surface area (Å²) in [7, 11) is 0. The molecule has 106 valence electrons. The van der Waals surface area contributed by atoms with Crippen molar-refractivity contribution in [2.75, 3.05) is 0 Å². The van der Waals surface area contributed by atoms with Crippen LogP contribution >= 0.6 is 0 Å². The maximum Gasteiger partial charge on any atom is 2.00 e. The van der Waals surface area contributed by atoms with Crippen molar-refractivity contribution in [2.45, 2.75) is 60.3 Å². The van der Waals surface area contributed by atoms with Crippen molar-refractivity contribution < 1.29 is 19.5 Å². The fourth-order valence-corrected chi connectivity index (χ4v) is 2.21. The molecule has 0 radical (unpaired) electrons. The van der Waals surface area contributed by atoms with E-state index in [0.717, 1.165) is 6.42 Å². The zero-order valence-electron chi connectivity index (χ0n) is 12.9. The van der Waals surface area contributed by atoms with Crippen LogP contribution in [0.4, 0.5) is 0 Å². The first kappa shape index (κ1) is 18.6. The molecule has 0 aromatic carbocycles. The van der Waals surface area contributed by atoms with Crippen LogP contribution in [-0.4, -0.2) is 0 Å². The Kier molecular flexibility index (Phi) is 8.50. The van der Waals surface area contributed by atoms with Gasteiger partial charge in [0.05, 0.1) is 0 Å². The van der Waals surface area contributed by atoms with Crippen molar-refractivity contribution in [3.05, 3.63) is 47.1 Å². The second-order valence-electron chi connectivity index (χ2n) is 5.67. The SMILES string of the molecule is CC1=[C-]C(C)(C)C(C)=C1C.[C-]1=CC=CCCCC1.[Ru+2]. The standard InChI is InChI=1S/C10H15.C8H11.Ru/c1-7-6-10(4,5)9(3)8(7)2;1-2-4-6-8-7-5-3-1;/h1-5H3;1-3H,4,6-8H2;/q2*-1;+2. The number of rotatable bonds is 0. The monoisotopic (exact) mass is 344 g/mol. The summed E-state index contributed by atoms with van der Waals surface area (Å²) in [6.07, 6.45) is 17.9. The first-order valence-corrected chi connectivity index (χ1v) is 6.97. The van der Waals surface area contributed by atoms with Crippen LogP contribution in [0.2, 0.25) is 0 Å². The van der Waals surface area contributed by atoms with Crippen LogP contribution < -0.4 is 0 Å². The summed E-state index contributed by atoms with van der Waals surface area (Å²) in [5, 5.41) is 0. The Morgan fingerprint density at radius 2 is 1.79 bits per heavy atom. The molecule has 0 bridgehead atoms. The van der Waals surface area contributed by atoms with Crippen molar-refractivity contribution in [3.63, 3.8) is 0 Å². The summed E-state index contributed by atoms with van der Waals surface area (Å²) < 4.78 is 0. The smallest absolute Gasteiger partial charge is 0.275 e. The zero-order valence-corrected chi connectivity index (χ0v) is 14.7. The molecular weight excluding hydrogens is 317 g/mol. The van der Waals surface area contributed by atoms with Crippen LogP contribution in [-0.2, 0) is 19.5 Å². The van der Waals surface area contributed by atoms with Crippen molar-refractivity contribution in [1.29, 1.82) is 0 Å². The second kappa shape index (κ2) is 8.69. The molecule has 0 amide bonds. The number of allylic oxidation sites excluding steroid dienone is 8. The molecule has 0 spiro atoms. The molecule has 2 rings (SSSR count). The average molecular weight is 343 g/mol. The van der Waals surface area contributed by atoms with Gasteiger partial charge in [0.25, 0.3) is 0 Å². The van der Waals surface area contributed by atoms with E-state index in [9.17, 15) is 0 Å². The summed E-state index contributed by atoms with van der Waals surface area (Å²) in [5.41, 5.74) is 4.39. The molecule has 0 aromatic rings. The molecule has 1 heteroatoms. The maximum absolute atomic E-state index is 3.44. The van der Waals surface area contributed by atoms with E-state index in [0.29, 0.717) is 0 Å². The summed E-state index contributed by atoms with van der Waals surface area (Å²) in [5.74, 6) is 0. The summed E-state index contributed by atoms with van der Waals surface area (Å²) in [6, 6.07) is 0. The van der Waals surface area contributed by atoms with Gasteiger partial charge in [-0.05, 0) is 0 Å².